The van der Waals surface area contributed by atoms with Gasteiger partial charge in [-0.1, -0.05) is 28.9 Å². The molecule has 0 aromatic heterocycles. The zero-order chi connectivity index (χ0) is 12.5. The van der Waals surface area contributed by atoms with E-state index in [1.54, 1.807) is 0 Å². The van der Waals surface area contributed by atoms with Gasteiger partial charge in [-0.05, 0) is 42.4 Å². The minimum atomic E-state index is 0.645. The minimum absolute atomic E-state index is 0.645. The zero-order valence-electron chi connectivity index (χ0n) is 10.7. The van der Waals surface area contributed by atoms with Crippen LogP contribution in [-0.2, 0) is 0 Å². The zero-order valence-corrected chi connectivity index (χ0v) is 12.3. The number of hydrogen-bond donors (Lipinski definition) is 0. The van der Waals surface area contributed by atoms with E-state index >= 15 is 0 Å². The molecule has 3 unspecified atom stereocenters. The number of fused-ring (bicyclic) bond motifs is 1. The summed E-state index contributed by atoms with van der Waals surface area (Å²) < 4.78 is 11.5. The molecule has 0 saturated heterocycles. The van der Waals surface area contributed by atoms with Crippen molar-refractivity contribution in [2.24, 2.45) is 5.92 Å². The Hall–Kier alpha value is -0.700. The van der Waals surface area contributed by atoms with Gasteiger partial charge in [0.05, 0.1) is 13.2 Å². The fourth-order valence-electron chi connectivity index (χ4n) is 3.00. The van der Waals surface area contributed by atoms with Gasteiger partial charge in [0, 0.05) is 11.2 Å². The summed E-state index contributed by atoms with van der Waals surface area (Å²) in [5, 5.41) is 0. The van der Waals surface area contributed by atoms with Gasteiger partial charge in [-0.2, -0.15) is 0 Å². The smallest absolute Gasteiger partial charge is 0.161 e. The monoisotopic (exact) mass is 310 g/mol. The molecule has 0 radical (unpaired) electrons. The lowest BCUT2D eigenvalue weighted by atomic mass is 9.90. The van der Waals surface area contributed by atoms with Crippen LogP contribution in [0.1, 0.15) is 37.7 Å². The second-order valence-corrected chi connectivity index (χ2v) is 6.49. The highest BCUT2D eigenvalue weighted by molar-refractivity contribution is 9.09. The number of rotatable bonds is 1. The van der Waals surface area contributed by atoms with Crippen molar-refractivity contribution >= 4 is 15.9 Å². The largest absolute Gasteiger partial charge is 0.490 e. The van der Waals surface area contributed by atoms with E-state index < -0.39 is 0 Å². The van der Waals surface area contributed by atoms with Crippen molar-refractivity contribution in [2.75, 3.05) is 13.2 Å². The van der Waals surface area contributed by atoms with E-state index in [-0.39, 0.29) is 0 Å². The Kier molecular flexibility index (Phi) is 3.51. The highest BCUT2D eigenvalue weighted by Gasteiger charge is 2.32. The van der Waals surface area contributed by atoms with Gasteiger partial charge in [0.15, 0.2) is 11.5 Å². The van der Waals surface area contributed by atoms with Crippen molar-refractivity contribution < 1.29 is 9.47 Å². The van der Waals surface area contributed by atoms with Gasteiger partial charge in [0.2, 0.25) is 0 Å². The van der Waals surface area contributed by atoms with Crippen molar-refractivity contribution in [3.05, 3.63) is 23.8 Å². The van der Waals surface area contributed by atoms with Crippen molar-refractivity contribution in [2.45, 2.75) is 36.9 Å². The van der Waals surface area contributed by atoms with Gasteiger partial charge < -0.3 is 9.47 Å². The Balaban J connectivity index is 1.87. The van der Waals surface area contributed by atoms with Crippen LogP contribution < -0.4 is 9.47 Å². The lowest BCUT2D eigenvalue weighted by Crippen LogP contribution is -2.09. The van der Waals surface area contributed by atoms with E-state index in [1.807, 2.05) is 0 Å². The maximum absolute atomic E-state index is 5.77. The highest BCUT2D eigenvalue weighted by atomic mass is 79.9. The summed E-state index contributed by atoms with van der Waals surface area (Å²) in [6, 6.07) is 6.47. The van der Waals surface area contributed by atoms with E-state index in [4.69, 9.17) is 9.47 Å². The number of alkyl halides is 1. The molecule has 1 aliphatic carbocycles. The second kappa shape index (κ2) is 5.12. The first-order chi connectivity index (χ1) is 8.75. The summed E-state index contributed by atoms with van der Waals surface area (Å²) in [5.41, 5.74) is 1.40. The van der Waals surface area contributed by atoms with Gasteiger partial charge in [0.25, 0.3) is 0 Å². The van der Waals surface area contributed by atoms with Gasteiger partial charge in [-0.15, -0.1) is 0 Å². The first-order valence-corrected chi connectivity index (χ1v) is 7.71. The Morgan fingerprint density at radius 1 is 1.11 bits per heavy atom. The van der Waals surface area contributed by atoms with Crippen LogP contribution in [0, 0.1) is 5.92 Å². The predicted octanol–water partition coefficient (Wildman–Crippen LogP) is 4.12. The standard InChI is InChI=1S/C15H19BrO2/c1-10-12(4-5-13(10)16)11-3-6-14-15(9-11)18-8-2-7-17-14/h3,6,9-10,12-13H,2,4-5,7-8H2,1H3. The Labute approximate surface area is 117 Å². The van der Waals surface area contributed by atoms with Crippen LogP contribution in [0.2, 0.25) is 0 Å². The molecule has 1 aromatic rings. The van der Waals surface area contributed by atoms with E-state index in [2.05, 4.69) is 41.1 Å². The number of halogens is 1. The van der Waals surface area contributed by atoms with E-state index in [1.165, 1.54) is 18.4 Å². The van der Waals surface area contributed by atoms with Crippen LogP contribution in [-0.4, -0.2) is 18.0 Å². The Bertz CT molecular complexity index is 433. The Morgan fingerprint density at radius 2 is 1.89 bits per heavy atom. The summed E-state index contributed by atoms with van der Waals surface area (Å²) in [5.74, 6) is 3.16. The first kappa shape index (κ1) is 12.3. The maximum Gasteiger partial charge on any atom is 0.161 e. The van der Waals surface area contributed by atoms with Crippen LogP contribution in [0.25, 0.3) is 0 Å². The fraction of sp³-hybridized carbons (Fsp3) is 0.600. The molecule has 0 spiro atoms. The molecule has 2 nitrogen and oxygen atoms in total. The number of ether oxygens (including phenoxy) is 2. The number of hydrogen-bond acceptors (Lipinski definition) is 2. The topological polar surface area (TPSA) is 18.5 Å². The van der Waals surface area contributed by atoms with Crippen LogP contribution in [0.5, 0.6) is 11.5 Å². The van der Waals surface area contributed by atoms with Crippen molar-refractivity contribution in [3.8, 4) is 11.5 Å². The molecule has 1 aliphatic heterocycles. The van der Waals surface area contributed by atoms with Crippen molar-refractivity contribution in [1.29, 1.82) is 0 Å². The second-order valence-electron chi connectivity index (χ2n) is 5.32. The van der Waals surface area contributed by atoms with Gasteiger partial charge in [-0.25, -0.2) is 0 Å². The molecule has 0 N–H and O–H groups in total. The van der Waals surface area contributed by atoms with Gasteiger partial charge in [0.1, 0.15) is 0 Å². The minimum Gasteiger partial charge on any atom is -0.490 e. The molecule has 0 bridgehead atoms. The molecule has 98 valence electrons. The molecular formula is C15H19BrO2. The third kappa shape index (κ3) is 2.25. The summed E-state index contributed by atoms with van der Waals surface area (Å²) in [6.07, 6.45) is 3.49. The summed E-state index contributed by atoms with van der Waals surface area (Å²) in [7, 11) is 0. The molecule has 1 saturated carbocycles. The average Bonchev–Trinajstić information content (AvgIpc) is 2.61. The third-order valence-electron chi connectivity index (χ3n) is 4.16. The quantitative estimate of drug-likeness (QED) is 0.726. The SMILES string of the molecule is CC1C(Br)CCC1c1ccc2c(c1)OCCCO2. The molecule has 1 aromatic carbocycles. The molecule has 3 rings (SSSR count). The Morgan fingerprint density at radius 3 is 2.61 bits per heavy atom. The molecular weight excluding hydrogens is 292 g/mol. The predicted molar refractivity (Wildman–Crippen MR) is 75.9 cm³/mol. The van der Waals surface area contributed by atoms with Crippen LogP contribution in [0.3, 0.4) is 0 Å². The molecule has 18 heavy (non-hydrogen) atoms. The number of benzene rings is 1. The molecule has 3 atom stereocenters. The molecule has 3 heteroatoms. The summed E-state index contributed by atoms with van der Waals surface area (Å²) in [4.78, 5) is 0.651. The summed E-state index contributed by atoms with van der Waals surface area (Å²) in [6.45, 7) is 3.85. The molecule has 1 fully saturated rings. The van der Waals surface area contributed by atoms with E-state index in [9.17, 15) is 0 Å². The van der Waals surface area contributed by atoms with Gasteiger partial charge in [-0.3, -0.25) is 0 Å². The van der Waals surface area contributed by atoms with Crippen LogP contribution in [0.4, 0.5) is 0 Å². The van der Waals surface area contributed by atoms with Crippen molar-refractivity contribution in [3.63, 3.8) is 0 Å². The maximum atomic E-state index is 5.77. The fourth-order valence-corrected chi connectivity index (χ4v) is 3.63. The van der Waals surface area contributed by atoms with E-state index in [0.717, 1.165) is 31.1 Å². The first-order valence-electron chi connectivity index (χ1n) is 6.79. The highest BCUT2D eigenvalue weighted by Crippen LogP contribution is 2.44. The lowest BCUT2D eigenvalue weighted by molar-refractivity contribution is 0.297. The molecule has 1 heterocycles. The van der Waals surface area contributed by atoms with Crippen LogP contribution >= 0.6 is 15.9 Å². The van der Waals surface area contributed by atoms with Crippen LogP contribution in [0.15, 0.2) is 18.2 Å². The molecule has 0 amide bonds. The molecule has 2 aliphatic rings. The average molecular weight is 311 g/mol. The third-order valence-corrected chi connectivity index (χ3v) is 5.45. The van der Waals surface area contributed by atoms with Crippen molar-refractivity contribution in [1.82, 2.24) is 0 Å². The van der Waals surface area contributed by atoms with E-state index in [0.29, 0.717) is 16.7 Å². The normalized spacial score (nSPS) is 31.1. The summed E-state index contributed by atoms with van der Waals surface area (Å²) >= 11 is 3.77. The van der Waals surface area contributed by atoms with Gasteiger partial charge >= 0.3 is 0 Å². The lowest BCUT2D eigenvalue weighted by Gasteiger charge is -2.19.